The van der Waals surface area contributed by atoms with Crippen LogP contribution in [-0.4, -0.2) is 61.9 Å². The van der Waals surface area contributed by atoms with E-state index in [2.05, 4.69) is 48.0 Å². The van der Waals surface area contributed by atoms with Crippen molar-refractivity contribution in [3.05, 3.63) is 90.1 Å². The van der Waals surface area contributed by atoms with Gasteiger partial charge in [-0.1, -0.05) is 74.5 Å². The maximum absolute atomic E-state index is 12.4. The summed E-state index contributed by atoms with van der Waals surface area (Å²) < 4.78 is 0. The van der Waals surface area contributed by atoms with Crippen molar-refractivity contribution in [1.82, 2.24) is 14.8 Å². The highest BCUT2D eigenvalue weighted by molar-refractivity contribution is 5.66. The molecule has 2 N–H and O–H groups in total. The molecule has 0 spiro atoms. The third kappa shape index (κ3) is 8.41. The minimum atomic E-state index is -1.02. The lowest BCUT2D eigenvalue weighted by atomic mass is 9.94. The Morgan fingerprint density at radius 3 is 2.08 bits per heavy atom. The van der Waals surface area contributed by atoms with Crippen molar-refractivity contribution in [2.45, 2.75) is 65.3 Å². The van der Waals surface area contributed by atoms with Crippen molar-refractivity contribution in [2.75, 3.05) is 13.1 Å². The van der Waals surface area contributed by atoms with Gasteiger partial charge in [-0.2, -0.15) is 0 Å². The molecule has 0 unspecified atom stereocenters. The third-order valence-corrected chi connectivity index (χ3v) is 6.38. The summed E-state index contributed by atoms with van der Waals surface area (Å²) in [5.41, 5.74) is 3.48. The molecule has 3 rings (SSSR count). The Morgan fingerprint density at radius 2 is 1.54 bits per heavy atom. The number of carboxylic acid groups (broad SMARTS) is 1. The molecule has 37 heavy (non-hydrogen) atoms. The molecule has 0 bridgehead atoms. The highest BCUT2D eigenvalue weighted by Crippen LogP contribution is 2.24. The van der Waals surface area contributed by atoms with Gasteiger partial charge in [0.2, 0.25) is 0 Å². The van der Waals surface area contributed by atoms with Gasteiger partial charge in [0.05, 0.1) is 17.8 Å². The highest BCUT2D eigenvalue weighted by atomic mass is 16.4. The molecule has 0 saturated carbocycles. The van der Waals surface area contributed by atoms with Crippen LogP contribution in [0.4, 0.5) is 4.79 Å². The standard InChI is InChI=1S/C31H41N3O3/c1-23(2)20-33(21-25-14-16-26(17-15-25)27-13-9-10-18-32-27)22-29(35)28(19-24-11-7-6-8-12-24)34(30(36)37)31(3,4)5/h6-18,23,28-29,35H,19-22H2,1-5H3,(H,36,37)/t28-,29+/m0/s1. The molecule has 0 radical (unpaired) electrons. The van der Waals surface area contributed by atoms with E-state index in [0.29, 0.717) is 25.4 Å². The lowest BCUT2D eigenvalue weighted by molar-refractivity contribution is -0.00944. The summed E-state index contributed by atoms with van der Waals surface area (Å²) in [7, 11) is 0. The molecule has 0 aliphatic carbocycles. The summed E-state index contributed by atoms with van der Waals surface area (Å²) in [6.45, 7) is 11.8. The van der Waals surface area contributed by atoms with Gasteiger partial charge >= 0.3 is 6.09 Å². The van der Waals surface area contributed by atoms with Crippen LogP contribution in [-0.2, 0) is 13.0 Å². The van der Waals surface area contributed by atoms with Crippen molar-refractivity contribution in [3.8, 4) is 11.3 Å². The number of rotatable bonds is 11. The monoisotopic (exact) mass is 503 g/mol. The Kier molecular flexibility index (Phi) is 9.84. The molecule has 0 aliphatic heterocycles. The molecule has 2 aromatic carbocycles. The van der Waals surface area contributed by atoms with Crippen molar-refractivity contribution in [3.63, 3.8) is 0 Å². The first kappa shape index (κ1) is 28.4. The van der Waals surface area contributed by atoms with Crippen LogP contribution in [0.5, 0.6) is 0 Å². The summed E-state index contributed by atoms with van der Waals surface area (Å²) >= 11 is 0. The molecular weight excluding hydrogens is 462 g/mol. The number of benzene rings is 2. The number of hydrogen-bond donors (Lipinski definition) is 2. The maximum Gasteiger partial charge on any atom is 0.408 e. The summed E-state index contributed by atoms with van der Waals surface area (Å²) in [5.74, 6) is 0.394. The zero-order valence-corrected chi connectivity index (χ0v) is 22.7. The van der Waals surface area contributed by atoms with Gasteiger partial charge in [0, 0.05) is 36.9 Å². The van der Waals surface area contributed by atoms with E-state index in [1.54, 1.807) is 6.20 Å². The second-order valence-electron chi connectivity index (χ2n) is 11.1. The fourth-order valence-electron chi connectivity index (χ4n) is 4.86. The summed E-state index contributed by atoms with van der Waals surface area (Å²) in [6, 6.07) is 23.4. The molecule has 6 heteroatoms. The SMILES string of the molecule is CC(C)CN(Cc1ccc(-c2ccccn2)cc1)C[C@@H](O)[C@H](Cc1ccccc1)N(C(=O)O)C(C)(C)C. The van der Waals surface area contributed by atoms with E-state index < -0.39 is 23.8 Å². The Balaban J connectivity index is 1.82. The number of pyridine rings is 1. The van der Waals surface area contributed by atoms with Gasteiger partial charge in [-0.15, -0.1) is 0 Å². The molecule has 0 fully saturated rings. The number of carbonyl (C=O) groups is 1. The van der Waals surface area contributed by atoms with E-state index >= 15 is 0 Å². The zero-order chi connectivity index (χ0) is 27.0. The molecular formula is C31H41N3O3. The van der Waals surface area contributed by atoms with Crippen molar-refractivity contribution >= 4 is 6.09 Å². The lowest BCUT2D eigenvalue weighted by Crippen LogP contribution is -2.58. The molecule has 6 nitrogen and oxygen atoms in total. The molecule has 1 amide bonds. The van der Waals surface area contributed by atoms with E-state index in [0.717, 1.165) is 28.9 Å². The van der Waals surface area contributed by atoms with Gasteiger partial charge in [-0.25, -0.2) is 4.79 Å². The van der Waals surface area contributed by atoms with Crippen molar-refractivity contribution < 1.29 is 15.0 Å². The molecule has 0 aliphatic rings. The van der Waals surface area contributed by atoms with E-state index in [-0.39, 0.29) is 0 Å². The molecule has 3 aromatic rings. The van der Waals surface area contributed by atoms with Gasteiger partial charge in [0.1, 0.15) is 0 Å². The average molecular weight is 504 g/mol. The summed E-state index contributed by atoms with van der Waals surface area (Å²) in [4.78, 5) is 20.5. The number of hydrogen-bond acceptors (Lipinski definition) is 4. The first-order chi connectivity index (χ1) is 17.5. The van der Waals surface area contributed by atoms with Crippen molar-refractivity contribution in [2.24, 2.45) is 5.92 Å². The highest BCUT2D eigenvalue weighted by Gasteiger charge is 2.38. The topological polar surface area (TPSA) is 76.9 Å². The van der Waals surface area contributed by atoms with Crippen LogP contribution >= 0.6 is 0 Å². The van der Waals surface area contributed by atoms with Crippen LogP contribution in [0.3, 0.4) is 0 Å². The predicted octanol–water partition coefficient (Wildman–Crippen LogP) is 5.96. The Bertz CT molecular complexity index is 1100. The van der Waals surface area contributed by atoms with E-state index in [1.165, 1.54) is 4.90 Å². The molecule has 1 heterocycles. The van der Waals surface area contributed by atoms with Gasteiger partial charge < -0.3 is 10.2 Å². The molecule has 1 aromatic heterocycles. The predicted molar refractivity (Wildman–Crippen MR) is 149 cm³/mol. The molecule has 2 atom stereocenters. The first-order valence-corrected chi connectivity index (χ1v) is 13.0. The smallest absolute Gasteiger partial charge is 0.408 e. The van der Waals surface area contributed by atoms with Crippen molar-refractivity contribution in [1.29, 1.82) is 0 Å². The largest absolute Gasteiger partial charge is 0.465 e. The number of amides is 1. The Labute approximate surface area is 221 Å². The second-order valence-corrected chi connectivity index (χ2v) is 11.1. The quantitative estimate of drug-likeness (QED) is 0.338. The zero-order valence-electron chi connectivity index (χ0n) is 22.7. The fourth-order valence-corrected chi connectivity index (χ4v) is 4.86. The van der Waals surface area contributed by atoms with Crippen LogP contribution in [0.25, 0.3) is 11.3 Å². The molecule has 0 saturated heterocycles. The molecule has 198 valence electrons. The summed E-state index contributed by atoms with van der Waals surface area (Å²) in [5, 5.41) is 21.7. The minimum Gasteiger partial charge on any atom is -0.465 e. The first-order valence-electron chi connectivity index (χ1n) is 13.0. The Hall–Kier alpha value is -3.22. The number of nitrogens with zero attached hydrogens (tertiary/aromatic N) is 3. The fraction of sp³-hybridized carbons (Fsp3) is 0.419. The van der Waals surface area contributed by atoms with Crippen LogP contribution in [0.1, 0.15) is 45.7 Å². The van der Waals surface area contributed by atoms with E-state index in [9.17, 15) is 15.0 Å². The minimum absolute atomic E-state index is 0.373. The van der Waals surface area contributed by atoms with Crippen LogP contribution in [0.2, 0.25) is 0 Å². The van der Waals surface area contributed by atoms with E-state index in [1.807, 2.05) is 69.3 Å². The maximum atomic E-state index is 12.4. The van der Waals surface area contributed by atoms with E-state index in [4.69, 9.17) is 0 Å². The average Bonchev–Trinajstić information content (AvgIpc) is 2.84. The lowest BCUT2D eigenvalue weighted by Gasteiger charge is -2.43. The van der Waals surface area contributed by atoms with Crippen LogP contribution in [0, 0.1) is 5.92 Å². The van der Waals surface area contributed by atoms with Gasteiger partial charge in [0.25, 0.3) is 0 Å². The normalized spacial score (nSPS) is 13.5. The second kappa shape index (κ2) is 12.8. The number of aliphatic hydroxyl groups is 1. The van der Waals surface area contributed by atoms with Gasteiger partial charge in [-0.3, -0.25) is 14.8 Å². The summed E-state index contributed by atoms with van der Waals surface area (Å²) in [6.07, 6.45) is 0.355. The third-order valence-electron chi connectivity index (χ3n) is 6.38. The number of aliphatic hydroxyl groups excluding tert-OH is 1. The Morgan fingerprint density at radius 1 is 0.892 bits per heavy atom. The van der Waals surface area contributed by atoms with Gasteiger partial charge in [-0.05, 0) is 56.4 Å². The number of aromatic nitrogens is 1. The van der Waals surface area contributed by atoms with Gasteiger partial charge in [0.15, 0.2) is 0 Å². The van der Waals surface area contributed by atoms with Crippen LogP contribution < -0.4 is 0 Å². The van der Waals surface area contributed by atoms with Crippen LogP contribution in [0.15, 0.2) is 79.0 Å².